The van der Waals surface area contributed by atoms with E-state index in [4.69, 9.17) is 14.4 Å². The fourth-order valence-electron chi connectivity index (χ4n) is 1.64. The van der Waals surface area contributed by atoms with E-state index in [1.54, 1.807) is 6.92 Å². The molecule has 0 saturated heterocycles. The number of aromatic nitrogens is 1. The maximum Gasteiger partial charge on any atom is 0.266 e. The summed E-state index contributed by atoms with van der Waals surface area (Å²) in [6.45, 7) is 1.37. The fraction of sp³-hybridized carbons (Fsp3) is 0.455. The van der Waals surface area contributed by atoms with Crippen molar-refractivity contribution in [2.75, 3.05) is 35.2 Å². The van der Waals surface area contributed by atoms with Gasteiger partial charge in [-0.25, -0.2) is 4.98 Å². The summed E-state index contributed by atoms with van der Waals surface area (Å²) in [5.74, 6) is -0.719. The van der Waals surface area contributed by atoms with Crippen molar-refractivity contribution < 1.29 is 25.9 Å². The molecule has 0 saturated carbocycles. The molecule has 0 radical (unpaired) electrons. The molecule has 10 nitrogen and oxygen atoms in total. The first-order chi connectivity index (χ1) is 10.5. The Labute approximate surface area is 134 Å². The molecule has 1 aromatic heterocycles. The topological polar surface area (TPSA) is 169 Å². The quantitative estimate of drug-likeness (QED) is 0.455. The van der Waals surface area contributed by atoms with Gasteiger partial charge < -0.3 is 10.6 Å². The minimum Gasteiger partial charge on any atom is -0.369 e. The molecule has 0 unspecified atom stereocenters. The van der Waals surface area contributed by atoms with Crippen LogP contribution in [0.25, 0.3) is 0 Å². The number of hydrogen-bond donors (Lipinski definition) is 4. The first-order valence-corrected chi connectivity index (χ1v) is 9.53. The molecular weight excluding hydrogens is 348 g/mol. The number of nitriles is 1. The molecule has 1 aromatic rings. The molecule has 0 aliphatic carbocycles. The van der Waals surface area contributed by atoms with Gasteiger partial charge in [-0.05, 0) is 18.6 Å². The lowest BCUT2D eigenvalue weighted by atomic mass is 10.1. The van der Waals surface area contributed by atoms with E-state index >= 15 is 0 Å². The zero-order valence-electron chi connectivity index (χ0n) is 12.1. The van der Waals surface area contributed by atoms with Crippen LogP contribution in [0.15, 0.2) is 6.07 Å². The zero-order chi connectivity index (χ0) is 17.7. The number of nitrogens with one attached hydrogen (secondary N) is 2. The van der Waals surface area contributed by atoms with Crippen LogP contribution in [0.2, 0.25) is 0 Å². The molecular formula is C11H16N4O6S2. The predicted octanol–water partition coefficient (Wildman–Crippen LogP) is -0.139. The SMILES string of the molecule is Cc1cc(NCCS(=O)(=O)O)nc(NCCS(=O)(=O)O)c1C#N. The lowest BCUT2D eigenvalue weighted by Crippen LogP contribution is -2.18. The van der Waals surface area contributed by atoms with Gasteiger partial charge in [0.25, 0.3) is 20.2 Å². The predicted molar refractivity (Wildman–Crippen MR) is 83.5 cm³/mol. The molecule has 23 heavy (non-hydrogen) atoms. The van der Waals surface area contributed by atoms with E-state index in [1.807, 2.05) is 6.07 Å². The molecule has 0 bridgehead atoms. The highest BCUT2D eigenvalue weighted by Crippen LogP contribution is 2.20. The van der Waals surface area contributed by atoms with Gasteiger partial charge in [-0.2, -0.15) is 22.1 Å². The normalized spacial score (nSPS) is 11.7. The minimum absolute atomic E-state index is 0.0956. The van der Waals surface area contributed by atoms with Gasteiger partial charge in [0.1, 0.15) is 17.7 Å². The maximum atomic E-state index is 10.7. The van der Waals surface area contributed by atoms with Gasteiger partial charge in [-0.3, -0.25) is 9.11 Å². The molecule has 1 heterocycles. The molecule has 0 aliphatic heterocycles. The molecule has 1 rings (SSSR count). The van der Waals surface area contributed by atoms with E-state index in [1.165, 1.54) is 6.07 Å². The lowest BCUT2D eigenvalue weighted by molar-refractivity contribution is 0.481. The Balaban J connectivity index is 2.88. The Kier molecular flexibility index (Phi) is 6.28. The van der Waals surface area contributed by atoms with Gasteiger partial charge in [0, 0.05) is 13.1 Å². The van der Waals surface area contributed by atoms with Crippen LogP contribution < -0.4 is 10.6 Å². The van der Waals surface area contributed by atoms with Gasteiger partial charge in [0.15, 0.2) is 0 Å². The Morgan fingerprint density at radius 3 is 2.13 bits per heavy atom. The van der Waals surface area contributed by atoms with Crippen molar-refractivity contribution in [1.29, 1.82) is 5.26 Å². The summed E-state index contributed by atoms with van der Waals surface area (Å²) < 4.78 is 60.0. The van der Waals surface area contributed by atoms with Gasteiger partial charge in [-0.15, -0.1) is 0 Å². The van der Waals surface area contributed by atoms with Crippen LogP contribution in [0.3, 0.4) is 0 Å². The number of pyridine rings is 1. The van der Waals surface area contributed by atoms with Crippen LogP contribution in [0.4, 0.5) is 11.6 Å². The van der Waals surface area contributed by atoms with Crippen molar-refractivity contribution in [2.24, 2.45) is 0 Å². The second-order valence-electron chi connectivity index (χ2n) is 4.59. The smallest absolute Gasteiger partial charge is 0.266 e. The number of aryl methyl sites for hydroxylation is 1. The van der Waals surface area contributed by atoms with Crippen molar-refractivity contribution in [3.63, 3.8) is 0 Å². The first-order valence-electron chi connectivity index (χ1n) is 6.31. The maximum absolute atomic E-state index is 10.7. The van der Waals surface area contributed by atoms with E-state index in [-0.39, 0.29) is 30.3 Å². The summed E-state index contributed by atoms with van der Waals surface area (Å²) in [5.41, 5.74) is 0.729. The summed E-state index contributed by atoms with van der Waals surface area (Å²) >= 11 is 0. The minimum atomic E-state index is -4.15. The number of rotatable bonds is 8. The first kappa shape index (κ1) is 19.1. The average molecular weight is 364 g/mol. The van der Waals surface area contributed by atoms with E-state index in [2.05, 4.69) is 15.6 Å². The number of nitrogens with zero attached hydrogens (tertiary/aromatic N) is 2. The Hall–Kier alpha value is -1.94. The van der Waals surface area contributed by atoms with E-state index < -0.39 is 31.7 Å². The summed E-state index contributed by atoms with van der Waals surface area (Å²) in [7, 11) is -8.26. The van der Waals surface area contributed by atoms with Gasteiger partial charge in [0.05, 0.1) is 17.1 Å². The number of hydrogen-bond acceptors (Lipinski definition) is 8. The van der Waals surface area contributed by atoms with Crippen LogP contribution in [0.1, 0.15) is 11.1 Å². The van der Waals surface area contributed by atoms with Crippen LogP contribution in [0, 0.1) is 18.3 Å². The monoisotopic (exact) mass is 364 g/mol. The Bertz CT molecular complexity index is 814. The van der Waals surface area contributed by atoms with Gasteiger partial charge in [0.2, 0.25) is 0 Å². The third kappa shape index (κ3) is 7.24. The third-order valence-electron chi connectivity index (χ3n) is 2.65. The lowest BCUT2D eigenvalue weighted by Gasteiger charge is -2.12. The van der Waals surface area contributed by atoms with Crippen molar-refractivity contribution in [3.05, 3.63) is 17.2 Å². The third-order valence-corrected chi connectivity index (χ3v) is 4.09. The fourth-order valence-corrected chi connectivity index (χ4v) is 2.36. The highest BCUT2D eigenvalue weighted by molar-refractivity contribution is 7.86. The van der Waals surface area contributed by atoms with Crippen molar-refractivity contribution in [2.45, 2.75) is 6.92 Å². The van der Waals surface area contributed by atoms with E-state index in [0.717, 1.165) is 0 Å². The highest BCUT2D eigenvalue weighted by Gasteiger charge is 2.12. The average Bonchev–Trinajstić information content (AvgIpc) is 2.35. The standard InChI is InChI=1S/C11H16N4O6S2/c1-8-6-10(13-2-4-22(16,17)18)15-11(9(8)7-12)14-3-5-23(19,20)21/h6H,2-5H2,1H3,(H2,13,14,15)(H,16,17,18)(H,19,20,21). The van der Waals surface area contributed by atoms with Crippen LogP contribution in [-0.4, -0.2) is 55.5 Å². The second-order valence-corrected chi connectivity index (χ2v) is 7.73. The van der Waals surface area contributed by atoms with E-state index in [0.29, 0.717) is 5.56 Å². The van der Waals surface area contributed by atoms with Crippen molar-refractivity contribution in [1.82, 2.24) is 4.98 Å². The van der Waals surface area contributed by atoms with Crippen LogP contribution in [0.5, 0.6) is 0 Å². The summed E-state index contributed by atoms with van der Waals surface area (Å²) in [6.07, 6.45) is 0. The van der Waals surface area contributed by atoms with Crippen LogP contribution in [-0.2, 0) is 20.2 Å². The molecule has 0 aliphatic rings. The van der Waals surface area contributed by atoms with Crippen LogP contribution >= 0.6 is 0 Å². The molecule has 4 N–H and O–H groups in total. The molecule has 128 valence electrons. The van der Waals surface area contributed by atoms with Crippen molar-refractivity contribution >= 4 is 31.9 Å². The van der Waals surface area contributed by atoms with Gasteiger partial charge >= 0.3 is 0 Å². The molecule has 0 amide bonds. The highest BCUT2D eigenvalue weighted by atomic mass is 32.2. The Morgan fingerprint density at radius 1 is 1.13 bits per heavy atom. The molecule has 0 spiro atoms. The van der Waals surface area contributed by atoms with E-state index in [9.17, 15) is 16.8 Å². The van der Waals surface area contributed by atoms with Gasteiger partial charge in [-0.1, -0.05) is 0 Å². The second kappa shape index (κ2) is 7.55. The zero-order valence-corrected chi connectivity index (χ0v) is 13.8. The molecule has 0 fully saturated rings. The summed E-state index contributed by atoms with van der Waals surface area (Å²) in [5, 5.41) is 14.4. The largest absolute Gasteiger partial charge is 0.369 e. The number of anilines is 2. The summed E-state index contributed by atoms with van der Waals surface area (Å²) in [6, 6.07) is 3.43. The summed E-state index contributed by atoms with van der Waals surface area (Å²) in [4.78, 5) is 4.05. The molecule has 0 aromatic carbocycles. The molecule has 12 heteroatoms. The Morgan fingerprint density at radius 2 is 1.65 bits per heavy atom. The molecule has 0 atom stereocenters. The van der Waals surface area contributed by atoms with Crippen molar-refractivity contribution in [3.8, 4) is 6.07 Å².